The number of carbonyl (C=O) groups excluding carboxylic acids is 1. The zero-order valence-electron chi connectivity index (χ0n) is 13.7. The number of ketones is 1. The third kappa shape index (κ3) is 3.14. The van der Waals surface area contributed by atoms with Crippen LogP contribution in [0.25, 0.3) is 11.0 Å². The lowest BCUT2D eigenvalue weighted by Crippen LogP contribution is -2.05. The second kappa shape index (κ2) is 6.85. The van der Waals surface area contributed by atoms with E-state index in [0.29, 0.717) is 36.8 Å². The van der Waals surface area contributed by atoms with Crippen LogP contribution in [0.5, 0.6) is 5.75 Å². The van der Waals surface area contributed by atoms with Gasteiger partial charge in [-0.15, -0.1) is 0 Å². The van der Waals surface area contributed by atoms with Crippen molar-refractivity contribution in [2.24, 2.45) is 0 Å². The van der Waals surface area contributed by atoms with Crippen LogP contribution in [0.4, 0.5) is 5.69 Å². The molecule has 2 aromatic carbocycles. The highest BCUT2D eigenvalue weighted by Gasteiger charge is 2.26. The monoisotopic (exact) mass is 481 g/mol. The molecule has 0 unspecified atom stereocenters. The quantitative estimate of drug-likeness (QED) is 0.282. The molecule has 3 rings (SSSR count). The number of nitro groups is 1. The number of fused-ring (bicyclic) bond motifs is 1. The molecule has 0 radical (unpaired) electrons. The Morgan fingerprint density at radius 1 is 1.19 bits per heavy atom. The summed E-state index contributed by atoms with van der Waals surface area (Å²) in [6.45, 7) is 3.76. The van der Waals surface area contributed by atoms with Crippen LogP contribution in [0.2, 0.25) is 0 Å². The van der Waals surface area contributed by atoms with Gasteiger partial charge in [0.15, 0.2) is 5.78 Å². The van der Waals surface area contributed by atoms with Crippen molar-refractivity contribution in [3.8, 4) is 5.75 Å². The zero-order chi connectivity index (χ0) is 19.2. The first-order valence-electron chi connectivity index (χ1n) is 7.64. The van der Waals surface area contributed by atoms with Crippen LogP contribution in [0.15, 0.2) is 43.7 Å². The number of benzene rings is 2. The van der Waals surface area contributed by atoms with E-state index in [1.165, 1.54) is 30.3 Å². The number of aromatic hydroxyl groups is 1. The van der Waals surface area contributed by atoms with E-state index in [2.05, 4.69) is 31.9 Å². The molecule has 0 atom stereocenters. The molecule has 0 spiro atoms. The minimum absolute atomic E-state index is 0.0154. The highest BCUT2D eigenvalue weighted by molar-refractivity contribution is 9.11. The second-order valence-electron chi connectivity index (χ2n) is 6.05. The molecule has 0 amide bonds. The van der Waals surface area contributed by atoms with E-state index in [1.807, 2.05) is 13.8 Å². The minimum Gasteiger partial charge on any atom is -0.506 e. The first-order valence-corrected chi connectivity index (χ1v) is 9.22. The second-order valence-corrected chi connectivity index (χ2v) is 7.76. The van der Waals surface area contributed by atoms with Gasteiger partial charge >= 0.3 is 0 Å². The number of furan rings is 1. The first-order chi connectivity index (χ1) is 12.2. The topological polar surface area (TPSA) is 93.6 Å². The van der Waals surface area contributed by atoms with Crippen LogP contribution in [-0.4, -0.2) is 15.8 Å². The average Bonchev–Trinajstić information content (AvgIpc) is 2.97. The Morgan fingerprint density at radius 3 is 2.35 bits per heavy atom. The number of halogens is 2. The van der Waals surface area contributed by atoms with Crippen molar-refractivity contribution in [3.05, 3.63) is 66.3 Å². The number of hydrogen-bond acceptors (Lipinski definition) is 5. The van der Waals surface area contributed by atoms with E-state index < -0.39 is 4.92 Å². The molecule has 1 heterocycles. The predicted molar refractivity (Wildman–Crippen MR) is 104 cm³/mol. The Morgan fingerprint density at radius 2 is 1.81 bits per heavy atom. The minimum atomic E-state index is -0.510. The molecule has 0 aliphatic heterocycles. The maximum Gasteiger partial charge on any atom is 0.270 e. The largest absolute Gasteiger partial charge is 0.506 e. The molecule has 0 aliphatic rings. The summed E-state index contributed by atoms with van der Waals surface area (Å²) in [5.74, 6) is 0.0166. The van der Waals surface area contributed by atoms with E-state index in [9.17, 15) is 20.0 Å². The summed E-state index contributed by atoms with van der Waals surface area (Å²) in [4.78, 5) is 23.8. The summed E-state index contributed by atoms with van der Waals surface area (Å²) in [6.07, 6.45) is 0. The van der Waals surface area contributed by atoms with Crippen LogP contribution in [0, 0.1) is 10.1 Å². The van der Waals surface area contributed by atoms with Crippen molar-refractivity contribution < 1.29 is 19.2 Å². The van der Waals surface area contributed by atoms with Gasteiger partial charge in [0.05, 0.1) is 19.4 Å². The summed E-state index contributed by atoms with van der Waals surface area (Å²) < 4.78 is 6.53. The summed E-state index contributed by atoms with van der Waals surface area (Å²) in [5.41, 5.74) is 0.913. The molecule has 0 saturated heterocycles. The van der Waals surface area contributed by atoms with Crippen molar-refractivity contribution in [1.29, 1.82) is 0 Å². The number of nitrogens with zero attached hydrogens (tertiary/aromatic N) is 1. The van der Waals surface area contributed by atoms with Crippen molar-refractivity contribution in [2.75, 3.05) is 0 Å². The van der Waals surface area contributed by atoms with Crippen molar-refractivity contribution >= 4 is 54.3 Å². The lowest BCUT2D eigenvalue weighted by atomic mass is 9.96. The zero-order valence-corrected chi connectivity index (χ0v) is 16.9. The Kier molecular flexibility index (Phi) is 4.90. The number of hydrogen-bond donors (Lipinski definition) is 1. The Hall–Kier alpha value is -2.19. The molecule has 1 N–H and O–H groups in total. The standard InChI is InChI=1S/C18H13Br2NO5/c1-8(2)18-15(11-7-10(21(24)25)3-4-14(11)26-18)16(22)9-5-12(19)17(23)13(20)6-9/h3-8,23H,1-2H3. The van der Waals surface area contributed by atoms with Crippen LogP contribution < -0.4 is 0 Å². The molecule has 1 aromatic heterocycles. The number of carbonyl (C=O) groups is 1. The molecule has 0 saturated carbocycles. The highest BCUT2D eigenvalue weighted by atomic mass is 79.9. The molecule has 0 aliphatic carbocycles. The molecule has 134 valence electrons. The molecule has 8 heteroatoms. The lowest BCUT2D eigenvalue weighted by Gasteiger charge is -2.08. The fraction of sp³-hybridized carbons (Fsp3) is 0.167. The summed E-state index contributed by atoms with van der Waals surface area (Å²) in [6, 6.07) is 7.20. The van der Waals surface area contributed by atoms with Crippen LogP contribution in [0.1, 0.15) is 41.4 Å². The molecule has 0 bridgehead atoms. The normalized spacial score (nSPS) is 11.3. The van der Waals surface area contributed by atoms with Gasteiger partial charge in [0.2, 0.25) is 0 Å². The van der Waals surface area contributed by atoms with E-state index >= 15 is 0 Å². The van der Waals surface area contributed by atoms with Crippen LogP contribution >= 0.6 is 31.9 Å². The Labute approximate surface area is 165 Å². The SMILES string of the molecule is CC(C)c1oc2ccc([N+](=O)[O-])cc2c1C(=O)c1cc(Br)c(O)c(Br)c1. The van der Waals surface area contributed by atoms with Gasteiger partial charge in [-0.2, -0.15) is 0 Å². The Balaban J connectivity index is 2.28. The van der Waals surface area contributed by atoms with Gasteiger partial charge in [-0.05, 0) is 50.1 Å². The molecular weight excluding hydrogens is 470 g/mol. The van der Waals surface area contributed by atoms with E-state index in [1.54, 1.807) is 0 Å². The molecule has 0 fully saturated rings. The van der Waals surface area contributed by atoms with Gasteiger partial charge in [-0.25, -0.2) is 0 Å². The maximum absolute atomic E-state index is 13.2. The van der Waals surface area contributed by atoms with Crippen molar-refractivity contribution in [2.45, 2.75) is 19.8 Å². The Bertz CT molecular complexity index is 1030. The van der Waals surface area contributed by atoms with Gasteiger partial charge in [-0.1, -0.05) is 13.8 Å². The van der Waals surface area contributed by atoms with E-state index in [4.69, 9.17) is 4.42 Å². The average molecular weight is 483 g/mol. The molecule has 3 aromatic rings. The van der Waals surface area contributed by atoms with Gasteiger partial charge in [0.25, 0.3) is 5.69 Å². The van der Waals surface area contributed by atoms with Crippen LogP contribution in [0.3, 0.4) is 0 Å². The number of rotatable bonds is 4. The van der Waals surface area contributed by atoms with E-state index in [-0.39, 0.29) is 23.1 Å². The number of nitro benzene ring substituents is 1. The number of phenolic OH excluding ortho intramolecular Hbond substituents is 1. The van der Waals surface area contributed by atoms with E-state index in [0.717, 1.165) is 0 Å². The van der Waals surface area contributed by atoms with Crippen molar-refractivity contribution in [3.63, 3.8) is 0 Å². The third-order valence-corrected chi connectivity index (χ3v) is 5.15. The number of phenols is 1. The maximum atomic E-state index is 13.2. The third-order valence-electron chi connectivity index (χ3n) is 3.94. The van der Waals surface area contributed by atoms with Crippen molar-refractivity contribution in [1.82, 2.24) is 0 Å². The fourth-order valence-corrected chi connectivity index (χ4v) is 3.89. The van der Waals surface area contributed by atoms with Gasteiger partial charge in [-0.3, -0.25) is 14.9 Å². The molecule has 26 heavy (non-hydrogen) atoms. The number of non-ortho nitro benzene ring substituents is 1. The highest BCUT2D eigenvalue weighted by Crippen LogP contribution is 2.38. The lowest BCUT2D eigenvalue weighted by molar-refractivity contribution is -0.384. The summed E-state index contributed by atoms with van der Waals surface area (Å²) in [5, 5.41) is 21.4. The summed E-state index contributed by atoms with van der Waals surface area (Å²) >= 11 is 6.42. The molecule has 6 nitrogen and oxygen atoms in total. The van der Waals surface area contributed by atoms with Gasteiger partial charge < -0.3 is 9.52 Å². The first kappa shape index (κ1) is 18.6. The van der Waals surface area contributed by atoms with Gasteiger partial charge in [0.1, 0.15) is 17.1 Å². The predicted octanol–water partition coefficient (Wildman–Crippen LogP) is 5.93. The van der Waals surface area contributed by atoms with Crippen LogP contribution in [-0.2, 0) is 0 Å². The van der Waals surface area contributed by atoms with Gasteiger partial charge in [0, 0.05) is 29.0 Å². The fourth-order valence-electron chi connectivity index (χ4n) is 2.70. The molecular formula is C18H13Br2NO5. The smallest absolute Gasteiger partial charge is 0.270 e. The summed E-state index contributed by atoms with van der Waals surface area (Å²) in [7, 11) is 0.